The lowest BCUT2D eigenvalue weighted by molar-refractivity contribution is -0.149. The molecule has 0 aliphatic carbocycles. The molecule has 6 nitrogen and oxygen atoms in total. The van der Waals surface area contributed by atoms with Crippen molar-refractivity contribution in [2.75, 3.05) is 39.7 Å². The standard InChI is InChI=1S/C23H29N3O3/c1-24(2)20-11-9-17(10-12-20)14-25(3)22(27)16-26-15-19-8-6-5-7-18(19)13-21(26)23(28)29-4/h5-12,21H,13-16H2,1-4H3/t21-/m1/s1. The fraction of sp³-hybridized carbons (Fsp3) is 0.391. The predicted octanol–water partition coefficient (Wildman–Crippen LogP) is 2.31. The number of benzene rings is 2. The lowest BCUT2D eigenvalue weighted by Crippen LogP contribution is -2.50. The lowest BCUT2D eigenvalue weighted by Gasteiger charge is -2.35. The Kier molecular flexibility index (Phi) is 6.54. The van der Waals surface area contributed by atoms with Crippen LogP contribution < -0.4 is 4.90 Å². The topological polar surface area (TPSA) is 53.1 Å². The molecular formula is C23H29N3O3. The lowest BCUT2D eigenvalue weighted by atomic mass is 9.94. The molecule has 0 aromatic heterocycles. The van der Waals surface area contributed by atoms with Gasteiger partial charge < -0.3 is 14.5 Å². The number of carbonyl (C=O) groups excluding carboxylic acids is 2. The van der Waals surface area contributed by atoms with Crippen LogP contribution in [-0.2, 0) is 33.8 Å². The minimum Gasteiger partial charge on any atom is -0.468 e. The zero-order valence-corrected chi connectivity index (χ0v) is 17.6. The highest BCUT2D eigenvalue weighted by molar-refractivity contribution is 5.81. The average molecular weight is 396 g/mol. The summed E-state index contributed by atoms with van der Waals surface area (Å²) in [5.41, 5.74) is 4.49. The van der Waals surface area contributed by atoms with E-state index in [1.54, 1.807) is 11.9 Å². The summed E-state index contributed by atoms with van der Waals surface area (Å²) in [6.07, 6.45) is 0.561. The van der Waals surface area contributed by atoms with Gasteiger partial charge in [0.2, 0.25) is 5.91 Å². The van der Waals surface area contributed by atoms with E-state index in [4.69, 9.17) is 4.74 Å². The Labute approximate surface area is 172 Å². The van der Waals surface area contributed by atoms with Crippen LogP contribution >= 0.6 is 0 Å². The summed E-state index contributed by atoms with van der Waals surface area (Å²) in [6, 6.07) is 15.8. The molecule has 29 heavy (non-hydrogen) atoms. The van der Waals surface area contributed by atoms with Gasteiger partial charge in [-0.3, -0.25) is 14.5 Å². The van der Waals surface area contributed by atoms with E-state index >= 15 is 0 Å². The number of fused-ring (bicyclic) bond motifs is 1. The number of amides is 1. The molecule has 0 N–H and O–H groups in total. The van der Waals surface area contributed by atoms with Gasteiger partial charge >= 0.3 is 5.97 Å². The Morgan fingerprint density at radius 3 is 2.31 bits per heavy atom. The first kappa shape index (κ1) is 20.9. The normalized spacial score (nSPS) is 16.1. The van der Waals surface area contributed by atoms with Gasteiger partial charge in [-0.05, 0) is 35.2 Å². The molecule has 6 heteroatoms. The minimum atomic E-state index is -0.438. The van der Waals surface area contributed by atoms with Crippen LogP contribution in [0.15, 0.2) is 48.5 Å². The van der Waals surface area contributed by atoms with E-state index in [0.29, 0.717) is 19.5 Å². The summed E-state index contributed by atoms with van der Waals surface area (Å²) in [5.74, 6) is -0.316. The average Bonchev–Trinajstić information content (AvgIpc) is 2.73. The van der Waals surface area contributed by atoms with Gasteiger partial charge in [-0.1, -0.05) is 36.4 Å². The van der Waals surface area contributed by atoms with Crippen molar-refractivity contribution < 1.29 is 14.3 Å². The number of hydrogen-bond acceptors (Lipinski definition) is 5. The molecule has 2 aromatic carbocycles. The molecule has 0 saturated carbocycles. The molecule has 0 unspecified atom stereocenters. The smallest absolute Gasteiger partial charge is 0.323 e. The number of hydrogen-bond donors (Lipinski definition) is 0. The first-order valence-corrected chi connectivity index (χ1v) is 9.78. The van der Waals surface area contributed by atoms with Gasteiger partial charge in [0, 0.05) is 39.9 Å². The Morgan fingerprint density at radius 1 is 1.03 bits per heavy atom. The van der Waals surface area contributed by atoms with Crippen molar-refractivity contribution in [3.05, 3.63) is 65.2 Å². The van der Waals surface area contributed by atoms with Crippen molar-refractivity contribution in [1.82, 2.24) is 9.80 Å². The Balaban J connectivity index is 1.67. The van der Waals surface area contributed by atoms with Crippen LogP contribution in [0.2, 0.25) is 0 Å². The van der Waals surface area contributed by atoms with E-state index < -0.39 is 6.04 Å². The molecule has 0 radical (unpaired) electrons. The quantitative estimate of drug-likeness (QED) is 0.703. The first-order chi connectivity index (χ1) is 13.9. The Hall–Kier alpha value is -2.86. The van der Waals surface area contributed by atoms with Crippen LogP contribution in [0.25, 0.3) is 0 Å². The maximum atomic E-state index is 12.9. The SMILES string of the molecule is COC(=O)[C@H]1Cc2ccccc2CN1CC(=O)N(C)Cc1ccc(N(C)C)cc1. The van der Waals surface area contributed by atoms with Gasteiger partial charge in [0.25, 0.3) is 0 Å². The van der Waals surface area contributed by atoms with E-state index in [9.17, 15) is 9.59 Å². The maximum Gasteiger partial charge on any atom is 0.323 e. The summed E-state index contributed by atoms with van der Waals surface area (Å²) in [5, 5.41) is 0. The van der Waals surface area contributed by atoms with E-state index in [0.717, 1.165) is 22.4 Å². The number of esters is 1. The molecule has 1 aliphatic rings. The monoisotopic (exact) mass is 395 g/mol. The second-order valence-corrected chi connectivity index (χ2v) is 7.73. The molecule has 1 amide bonds. The molecule has 1 aliphatic heterocycles. The van der Waals surface area contributed by atoms with E-state index in [1.165, 1.54) is 7.11 Å². The van der Waals surface area contributed by atoms with Crippen molar-refractivity contribution >= 4 is 17.6 Å². The third-order valence-electron chi connectivity index (χ3n) is 5.46. The van der Waals surface area contributed by atoms with Crippen molar-refractivity contribution in [3.8, 4) is 0 Å². The molecular weight excluding hydrogens is 366 g/mol. The van der Waals surface area contributed by atoms with E-state index in [-0.39, 0.29) is 18.4 Å². The van der Waals surface area contributed by atoms with Gasteiger partial charge in [0.1, 0.15) is 6.04 Å². The number of rotatable bonds is 6. The van der Waals surface area contributed by atoms with Gasteiger partial charge in [-0.15, -0.1) is 0 Å². The molecule has 154 valence electrons. The molecule has 3 rings (SSSR count). The molecule has 1 atom stereocenters. The van der Waals surface area contributed by atoms with E-state index in [1.807, 2.05) is 66.4 Å². The van der Waals surface area contributed by atoms with Gasteiger partial charge in [-0.2, -0.15) is 0 Å². The van der Waals surface area contributed by atoms with Crippen LogP contribution in [0.5, 0.6) is 0 Å². The van der Waals surface area contributed by atoms with Gasteiger partial charge in [-0.25, -0.2) is 0 Å². The number of methoxy groups -OCH3 is 1. The number of nitrogens with zero attached hydrogens (tertiary/aromatic N) is 3. The van der Waals surface area contributed by atoms with Crippen molar-refractivity contribution in [2.24, 2.45) is 0 Å². The van der Waals surface area contributed by atoms with Crippen LogP contribution in [0.3, 0.4) is 0 Å². The summed E-state index contributed by atoms with van der Waals surface area (Å²) in [7, 11) is 7.19. The summed E-state index contributed by atoms with van der Waals surface area (Å²) >= 11 is 0. The summed E-state index contributed by atoms with van der Waals surface area (Å²) in [6.45, 7) is 1.27. The van der Waals surface area contributed by atoms with E-state index in [2.05, 4.69) is 6.07 Å². The zero-order valence-electron chi connectivity index (χ0n) is 17.6. The summed E-state index contributed by atoms with van der Waals surface area (Å²) < 4.78 is 4.99. The third kappa shape index (κ3) is 4.95. The molecule has 2 aromatic rings. The van der Waals surface area contributed by atoms with Crippen LogP contribution in [-0.4, -0.2) is 62.5 Å². The second-order valence-electron chi connectivity index (χ2n) is 7.73. The number of likely N-dealkylation sites (N-methyl/N-ethyl adjacent to an activating group) is 1. The molecule has 0 fully saturated rings. The highest BCUT2D eigenvalue weighted by Gasteiger charge is 2.33. The van der Waals surface area contributed by atoms with Crippen molar-refractivity contribution in [1.29, 1.82) is 0 Å². The van der Waals surface area contributed by atoms with Crippen molar-refractivity contribution in [3.63, 3.8) is 0 Å². The highest BCUT2D eigenvalue weighted by Crippen LogP contribution is 2.24. The molecule has 0 spiro atoms. The van der Waals surface area contributed by atoms with Gasteiger partial charge in [0.15, 0.2) is 0 Å². The van der Waals surface area contributed by atoms with Crippen molar-refractivity contribution in [2.45, 2.75) is 25.6 Å². The van der Waals surface area contributed by atoms with Crippen LogP contribution in [0, 0.1) is 0 Å². The zero-order chi connectivity index (χ0) is 21.0. The maximum absolute atomic E-state index is 12.9. The predicted molar refractivity (Wildman–Crippen MR) is 114 cm³/mol. The number of carbonyl (C=O) groups is 2. The second kappa shape index (κ2) is 9.09. The number of anilines is 1. The van der Waals surface area contributed by atoms with Crippen LogP contribution in [0.4, 0.5) is 5.69 Å². The minimum absolute atomic E-state index is 0.0185. The number of ether oxygens (including phenoxy) is 1. The summed E-state index contributed by atoms with van der Waals surface area (Å²) in [4.78, 5) is 30.9. The largest absolute Gasteiger partial charge is 0.468 e. The Morgan fingerprint density at radius 2 is 1.69 bits per heavy atom. The molecule has 0 bridgehead atoms. The molecule has 1 heterocycles. The highest BCUT2D eigenvalue weighted by atomic mass is 16.5. The first-order valence-electron chi connectivity index (χ1n) is 9.78. The van der Waals surface area contributed by atoms with Crippen LogP contribution in [0.1, 0.15) is 16.7 Å². The fourth-order valence-corrected chi connectivity index (χ4v) is 3.67. The third-order valence-corrected chi connectivity index (χ3v) is 5.46. The Bertz CT molecular complexity index is 864. The molecule has 0 saturated heterocycles. The fourth-order valence-electron chi connectivity index (χ4n) is 3.67. The van der Waals surface area contributed by atoms with Gasteiger partial charge in [0.05, 0.1) is 13.7 Å².